The predicted octanol–water partition coefficient (Wildman–Crippen LogP) is 2.59. The van der Waals surface area contributed by atoms with Crippen molar-refractivity contribution in [1.82, 2.24) is 0 Å². The van der Waals surface area contributed by atoms with E-state index in [9.17, 15) is 5.11 Å². The summed E-state index contributed by atoms with van der Waals surface area (Å²) in [6.45, 7) is 2.93. The highest BCUT2D eigenvalue weighted by Crippen LogP contribution is 2.69. The molecule has 0 aromatic carbocycles. The third-order valence-electron chi connectivity index (χ3n) is 5.34. The molecule has 0 heterocycles. The highest BCUT2D eigenvalue weighted by molar-refractivity contribution is 5.11. The molecule has 1 nitrogen and oxygen atoms in total. The molecular weight excluding hydrogens is 160 g/mol. The van der Waals surface area contributed by atoms with Crippen molar-refractivity contribution in [3.05, 3.63) is 0 Å². The molecule has 1 N–H and O–H groups in total. The molecule has 0 aliphatic heterocycles. The van der Waals surface area contributed by atoms with Crippen molar-refractivity contribution in [2.75, 3.05) is 6.61 Å². The molecule has 3 fully saturated rings. The van der Waals surface area contributed by atoms with E-state index in [4.69, 9.17) is 0 Å². The average Bonchev–Trinajstić information content (AvgIpc) is 2.58. The summed E-state index contributed by atoms with van der Waals surface area (Å²) in [5.41, 5.74) is 0.986. The quantitative estimate of drug-likeness (QED) is 0.657. The summed E-state index contributed by atoms with van der Waals surface area (Å²) in [5.74, 6) is 1.83. The van der Waals surface area contributed by atoms with Crippen molar-refractivity contribution in [3.63, 3.8) is 0 Å². The summed E-state index contributed by atoms with van der Waals surface area (Å²) in [7, 11) is 0. The summed E-state index contributed by atoms with van der Waals surface area (Å²) in [6, 6.07) is 0. The molecule has 0 amide bonds. The van der Waals surface area contributed by atoms with E-state index in [0.29, 0.717) is 17.4 Å². The Kier molecular flexibility index (Phi) is 1.47. The first-order valence-electron chi connectivity index (χ1n) is 5.79. The van der Waals surface area contributed by atoms with Crippen LogP contribution in [0.2, 0.25) is 0 Å². The average molecular weight is 180 g/mol. The van der Waals surface area contributed by atoms with Gasteiger partial charge >= 0.3 is 0 Å². The molecule has 0 aromatic rings. The smallest absolute Gasteiger partial charge is 0.0490 e. The second-order valence-corrected chi connectivity index (χ2v) is 6.09. The first-order chi connectivity index (χ1) is 6.19. The van der Waals surface area contributed by atoms with Crippen LogP contribution < -0.4 is 0 Å². The molecule has 2 bridgehead atoms. The van der Waals surface area contributed by atoms with Gasteiger partial charge in [0.15, 0.2) is 0 Å². The predicted molar refractivity (Wildman–Crippen MR) is 52.3 cm³/mol. The number of fused-ring (bicyclic) bond motifs is 1. The zero-order valence-electron chi connectivity index (χ0n) is 8.55. The Morgan fingerprint density at radius 3 is 2.77 bits per heavy atom. The van der Waals surface area contributed by atoms with Crippen LogP contribution in [0.1, 0.15) is 45.4 Å². The molecule has 3 aliphatic rings. The molecule has 74 valence electrons. The van der Waals surface area contributed by atoms with E-state index in [1.807, 2.05) is 0 Å². The fourth-order valence-corrected chi connectivity index (χ4v) is 5.02. The fraction of sp³-hybridized carbons (Fsp3) is 1.00. The molecular formula is C12H20O. The monoisotopic (exact) mass is 180 g/mol. The standard InChI is InChI=1S/C12H20O/c1-11-3-2-4-12(8-13)7-9(6-11)5-10(11)12/h9-10,13H,2-8H2,1H3/t9-,10+,11-,12+/m1/s1. The molecule has 1 heteroatoms. The molecule has 0 unspecified atom stereocenters. The molecule has 4 atom stereocenters. The van der Waals surface area contributed by atoms with E-state index in [0.717, 1.165) is 11.8 Å². The Morgan fingerprint density at radius 1 is 1.31 bits per heavy atom. The molecule has 0 saturated heterocycles. The Balaban J connectivity index is 2.00. The Hall–Kier alpha value is -0.0400. The van der Waals surface area contributed by atoms with Crippen LogP contribution in [0.3, 0.4) is 0 Å². The lowest BCUT2D eigenvalue weighted by Crippen LogP contribution is -2.45. The largest absolute Gasteiger partial charge is 0.396 e. The third-order valence-corrected chi connectivity index (χ3v) is 5.34. The van der Waals surface area contributed by atoms with Gasteiger partial charge in [0.1, 0.15) is 0 Å². The van der Waals surface area contributed by atoms with E-state index < -0.39 is 0 Å². The fourth-order valence-electron chi connectivity index (χ4n) is 5.02. The second-order valence-electron chi connectivity index (χ2n) is 6.09. The molecule has 13 heavy (non-hydrogen) atoms. The molecule has 3 aliphatic carbocycles. The Labute approximate surface area is 80.5 Å². The van der Waals surface area contributed by atoms with Gasteiger partial charge in [-0.25, -0.2) is 0 Å². The van der Waals surface area contributed by atoms with E-state index in [1.54, 1.807) is 0 Å². The van der Waals surface area contributed by atoms with Crippen LogP contribution >= 0.6 is 0 Å². The van der Waals surface area contributed by atoms with Gasteiger partial charge in [0, 0.05) is 6.61 Å². The number of hydrogen-bond donors (Lipinski definition) is 1. The molecule has 3 rings (SSSR count). The van der Waals surface area contributed by atoms with Gasteiger partial charge < -0.3 is 5.11 Å². The van der Waals surface area contributed by atoms with Crippen LogP contribution in [0.4, 0.5) is 0 Å². The lowest BCUT2D eigenvalue weighted by atomic mass is 9.54. The van der Waals surface area contributed by atoms with Gasteiger partial charge in [-0.1, -0.05) is 13.3 Å². The Bertz CT molecular complexity index is 237. The van der Waals surface area contributed by atoms with Gasteiger partial charge in [-0.3, -0.25) is 0 Å². The highest BCUT2D eigenvalue weighted by Gasteiger charge is 2.61. The van der Waals surface area contributed by atoms with Gasteiger partial charge in [-0.2, -0.15) is 0 Å². The molecule has 0 spiro atoms. The van der Waals surface area contributed by atoms with Crippen LogP contribution in [0, 0.1) is 22.7 Å². The van der Waals surface area contributed by atoms with Crippen molar-refractivity contribution in [2.45, 2.75) is 45.4 Å². The second kappa shape index (κ2) is 2.31. The minimum absolute atomic E-state index is 0.371. The van der Waals surface area contributed by atoms with E-state index in [-0.39, 0.29) is 0 Å². The first kappa shape index (κ1) is 8.28. The van der Waals surface area contributed by atoms with Crippen molar-refractivity contribution in [3.8, 4) is 0 Å². The third kappa shape index (κ3) is 0.869. The van der Waals surface area contributed by atoms with Crippen molar-refractivity contribution in [1.29, 1.82) is 0 Å². The van der Waals surface area contributed by atoms with Crippen molar-refractivity contribution in [2.24, 2.45) is 22.7 Å². The van der Waals surface area contributed by atoms with Crippen LogP contribution in [-0.4, -0.2) is 11.7 Å². The van der Waals surface area contributed by atoms with Crippen LogP contribution in [0.15, 0.2) is 0 Å². The summed E-state index contributed by atoms with van der Waals surface area (Å²) >= 11 is 0. The van der Waals surface area contributed by atoms with E-state index >= 15 is 0 Å². The van der Waals surface area contributed by atoms with Gasteiger partial charge in [-0.15, -0.1) is 0 Å². The van der Waals surface area contributed by atoms with Crippen molar-refractivity contribution < 1.29 is 5.11 Å². The number of hydrogen-bond acceptors (Lipinski definition) is 1. The van der Waals surface area contributed by atoms with E-state index in [1.165, 1.54) is 38.5 Å². The lowest BCUT2D eigenvalue weighted by molar-refractivity contribution is -0.0502. The first-order valence-corrected chi connectivity index (χ1v) is 5.79. The number of aliphatic hydroxyl groups is 1. The molecule has 0 aromatic heterocycles. The van der Waals surface area contributed by atoms with Crippen molar-refractivity contribution >= 4 is 0 Å². The summed E-state index contributed by atoms with van der Waals surface area (Å²) in [6.07, 6.45) is 8.32. The van der Waals surface area contributed by atoms with Crippen LogP contribution in [-0.2, 0) is 0 Å². The summed E-state index contributed by atoms with van der Waals surface area (Å²) in [5, 5.41) is 9.60. The Morgan fingerprint density at radius 2 is 2.15 bits per heavy atom. The van der Waals surface area contributed by atoms with Gasteiger partial charge in [0.25, 0.3) is 0 Å². The highest BCUT2D eigenvalue weighted by atomic mass is 16.3. The van der Waals surface area contributed by atoms with Crippen LogP contribution in [0.25, 0.3) is 0 Å². The maximum atomic E-state index is 9.60. The number of aliphatic hydroxyl groups excluding tert-OH is 1. The maximum absolute atomic E-state index is 9.60. The maximum Gasteiger partial charge on any atom is 0.0490 e. The summed E-state index contributed by atoms with van der Waals surface area (Å²) in [4.78, 5) is 0. The molecule has 0 radical (unpaired) electrons. The minimum Gasteiger partial charge on any atom is -0.396 e. The number of rotatable bonds is 1. The SMILES string of the molecule is C[C@]12CCC[C@@]3(CO)C[C@H](C[C@@H]13)C2. The minimum atomic E-state index is 0.371. The normalized spacial score (nSPS) is 58.6. The summed E-state index contributed by atoms with van der Waals surface area (Å²) < 4.78 is 0. The zero-order valence-corrected chi connectivity index (χ0v) is 8.55. The van der Waals surface area contributed by atoms with Gasteiger partial charge in [0.2, 0.25) is 0 Å². The molecule has 3 saturated carbocycles. The topological polar surface area (TPSA) is 20.2 Å². The van der Waals surface area contributed by atoms with Gasteiger partial charge in [-0.05, 0) is 54.8 Å². The van der Waals surface area contributed by atoms with E-state index in [2.05, 4.69) is 6.92 Å². The van der Waals surface area contributed by atoms with Crippen LogP contribution in [0.5, 0.6) is 0 Å². The lowest BCUT2D eigenvalue weighted by Gasteiger charge is -2.51. The van der Waals surface area contributed by atoms with Gasteiger partial charge in [0.05, 0.1) is 0 Å². The zero-order chi connectivity index (χ0) is 9.10.